The molecule has 0 bridgehead atoms. The molecule has 6 rings (SSSR count). The minimum Gasteiger partial charge on any atom is -0.336 e. The summed E-state index contributed by atoms with van der Waals surface area (Å²) in [6.07, 6.45) is 7.95. The molecule has 0 radical (unpaired) electrons. The first-order chi connectivity index (χ1) is 14.8. The molecule has 0 unspecified atom stereocenters. The van der Waals surface area contributed by atoms with Gasteiger partial charge in [-0.2, -0.15) is 5.10 Å². The maximum atomic E-state index is 4.92. The number of nitrogens with zero attached hydrogens (tertiary/aromatic N) is 5. The molecule has 0 amide bonds. The van der Waals surface area contributed by atoms with E-state index >= 15 is 0 Å². The largest absolute Gasteiger partial charge is 0.336 e. The molecular weight excluding hydrogens is 376 g/mol. The van der Waals surface area contributed by atoms with Gasteiger partial charge in [-0.1, -0.05) is 6.07 Å². The number of benzene rings is 1. The molecule has 8 nitrogen and oxygen atoms in total. The van der Waals surface area contributed by atoms with E-state index in [1.807, 2.05) is 42.3 Å². The molecule has 0 aliphatic carbocycles. The number of pyridine rings is 1. The molecular formula is C22H22N8. The van der Waals surface area contributed by atoms with E-state index in [9.17, 15) is 0 Å². The predicted octanol–water partition coefficient (Wildman–Crippen LogP) is 3.46. The van der Waals surface area contributed by atoms with Gasteiger partial charge in [0.2, 0.25) is 0 Å². The van der Waals surface area contributed by atoms with Gasteiger partial charge in [-0.15, -0.1) is 0 Å². The third kappa shape index (κ3) is 2.80. The highest BCUT2D eigenvalue weighted by molar-refractivity contribution is 5.94. The number of hydrogen-bond acceptors (Lipinski definition) is 5. The van der Waals surface area contributed by atoms with Crippen LogP contribution in [0, 0.1) is 6.92 Å². The average molecular weight is 398 g/mol. The van der Waals surface area contributed by atoms with E-state index in [2.05, 4.69) is 37.6 Å². The second-order valence-corrected chi connectivity index (χ2v) is 7.93. The lowest BCUT2D eigenvalue weighted by molar-refractivity contribution is 0.453. The van der Waals surface area contributed by atoms with Crippen molar-refractivity contribution in [2.24, 2.45) is 0 Å². The molecule has 5 aromatic rings. The van der Waals surface area contributed by atoms with E-state index in [1.165, 1.54) is 0 Å². The van der Waals surface area contributed by atoms with Crippen LogP contribution < -0.4 is 5.32 Å². The molecule has 30 heavy (non-hydrogen) atoms. The lowest BCUT2D eigenvalue weighted by atomic mass is 9.93. The zero-order valence-corrected chi connectivity index (χ0v) is 16.7. The summed E-state index contributed by atoms with van der Waals surface area (Å²) in [5.74, 6) is 1.24. The first kappa shape index (κ1) is 17.3. The van der Waals surface area contributed by atoms with E-state index in [4.69, 9.17) is 9.97 Å². The second kappa shape index (κ2) is 6.77. The van der Waals surface area contributed by atoms with Gasteiger partial charge in [0.25, 0.3) is 0 Å². The molecule has 0 saturated carbocycles. The van der Waals surface area contributed by atoms with Crippen molar-refractivity contribution in [1.82, 2.24) is 40.0 Å². The van der Waals surface area contributed by atoms with Crippen LogP contribution in [0.25, 0.3) is 39.1 Å². The van der Waals surface area contributed by atoms with Gasteiger partial charge < -0.3 is 14.9 Å². The summed E-state index contributed by atoms with van der Waals surface area (Å²) >= 11 is 0. The number of nitrogens with one attached hydrogen (secondary N) is 3. The fraction of sp³-hybridized carbons (Fsp3) is 0.273. The average Bonchev–Trinajstić information content (AvgIpc) is 3.51. The van der Waals surface area contributed by atoms with Crippen molar-refractivity contribution in [2.75, 3.05) is 13.1 Å². The zero-order chi connectivity index (χ0) is 20.1. The number of fused-ring (bicyclic) bond motifs is 2. The zero-order valence-electron chi connectivity index (χ0n) is 16.7. The third-order valence-electron chi connectivity index (χ3n) is 5.93. The topological polar surface area (TPSA) is 100 Å². The van der Waals surface area contributed by atoms with Gasteiger partial charge in [0, 0.05) is 23.2 Å². The van der Waals surface area contributed by atoms with Crippen molar-refractivity contribution in [3.63, 3.8) is 0 Å². The third-order valence-corrected chi connectivity index (χ3v) is 5.93. The summed E-state index contributed by atoms with van der Waals surface area (Å²) in [6, 6.07) is 8.29. The van der Waals surface area contributed by atoms with Crippen molar-refractivity contribution in [2.45, 2.75) is 25.7 Å². The van der Waals surface area contributed by atoms with Crippen LogP contribution >= 0.6 is 0 Å². The number of aryl methyl sites for hydroxylation is 1. The molecule has 0 spiro atoms. The van der Waals surface area contributed by atoms with Crippen LogP contribution in [0.15, 0.2) is 43.0 Å². The van der Waals surface area contributed by atoms with Crippen LogP contribution in [0.2, 0.25) is 0 Å². The van der Waals surface area contributed by atoms with Crippen LogP contribution in [-0.2, 0) is 0 Å². The van der Waals surface area contributed by atoms with E-state index in [-0.39, 0.29) is 0 Å². The number of imidazole rings is 2. The number of piperidine rings is 1. The maximum Gasteiger partial charge on any atom is 0.159 e. The van der Waals surface area contributed by atoms with E-state index in [1.54, 1.807) is 0 Å². The predicted molar refractivity (Wildman–Crippen MR) is 116 cm³/mol. The summed E-state index contributed by atoms with van der Waals surface area (Å²) < 4.78 is 2.00. The normalized spacial score (nSPS) is 15.4. The molecule has 4 aromatic heterocycles. The van der Waals surface area contributed by atoms with Gasteiger partial charge in [0.05, 0.1) is 34.9 Å². The van der Waals surface area contributed by atoms with Crippen molar-refractivity contribution in [1.29, 1.82) is 0 Å². The van der Waals surface area contributed by atoms with Crippen molar-refractivity contribution in [3.8, 4) is 17.2 Å². The Morgan fingerprint density at radius 3 is 2.83 bits per heavy atom. The van der Waals surface area contributed by atoms with Gasteiger partial charge in [-0.3, -0.25) is 10.1 Å². The van der Waals surface area contributed by atoms with Crippen molar-refractivity contribution >= 4 is 21.9 Å². The fourth-order valence-electron chi connectivity index (χ4n) is 4.34. The fourth-order valence-corrected chi connectivity index (χ4v) is 4.34. The lowest BCUT2D eigenvalue weighted by Crippen LogP contribution is -2.27. The van der Waals surface area contributed by atoms with E-state index < -0.39 is 0 Å². The molecule has 150 valence electrons. The number of hydrogen-bond donors (Lipinski definition) is 3. The summed E-state index contributed by atoms with van der Waals surface area (Å²) in [4.78, 5) is 17.4. The maximum absolute atomic E-state index is 4.92. The number of para-hydroxylation sites is 1. The Labute approximate surface area is 172 Å². The van der Waals surface area contributed by atoms with E-state index in [0.717, 1.165) is 76.5 Å². The van der Waals surface area contributed by atoms with Crippen LogP contribution in [0.3, 0.4) is 0 Å². The number of aromatic nitrogens is 7. The van der Waals surface area contributed by atoms with Gasteiger partial charge in [0.15, 0.2) is 5.82 Å². The highest BCUT2D eigenvalue weighted by atomic mass is 15.1. The Hall–Kier alpha value is -3.52. The molecule has 1 aliphatic rings. The van der Waals surface area contributed by atoms with Crippen LogP contribution in [0.1, 0.15) is 30.1 Å². The summed E-state index contributed by atoms with van der Waals surface area (Å²) in [6.45, 7) is 4.07. The summed E-state index contributed by atoms with van der Waals surface area (Å²) in [7, 11) is 0. The Morgan fingerprint density at radius 2 is 2.00 bits per heavy atom. The van der Waals surface area contributed by atoms with Gasteiger partial charge in [-0.05, 0) is 51.1 Å². The first-order valence-electron chi connectivity index (χ1n) is 10.3. The van der Waals surface area contributed by atoms with E-state index in [0.29, 0.717) is 5.92 Å². The molecule has 1 aliphatic heterocycles. The first-order valence-corrected chi connectivity index (χ1v) is 10.3. The summed E-state index contributed by atoms with van der Waals surface area (Å²) in [5.41, 5.74) is 6.72. The molecule has 1 saturated heterocycles. The van der Waals surface area contributed by atoms with Crippen molar-refractivity contribution in [3.05, 3.63) is 54.4 Å². The molecule has 1 aromatic carbocycles. The van der Waals surface area contributed by atoms with Crippen LogP contribution in [0.4, 0.5) is 0 Å². The number of aromatic amines is 2. The number of rotatable bonds is 3. The lowest BCUT2D eigenvalue weighted by Gasteiger charge is -2.21. The van der Waals surface area contributed by atoms with Crippen LogP contribution in [-0.4, -0.2) is 47.8 Å². The highest BCUT2D eigenvalue weighted by Crippen LogP contribution is 2.31. The van der Waals surface area contributed by atoms with Gasteiger partial charge in [0.1, 0.15) is 11.2 Å². The Kier molecular flexibility index (Phi) is 3.92. The minimum atomic E-state index is 0.491. The Bertz CT molecular complexity index is 1350. The minimum absolute atomic E-state index is 0.491. The molecule has 3 N–H and O–H groups in total. The van der Waals surface area contributed by atoms with Crippen LogP contribution in [0.5, 0.6) is 0 Å². The smallest absolute Gasteiger partial charge is 0.159 e. The van der Waals surface area contributed by atoms with Gasteiger partial charge in [-0.25, -0.2) is 9.97 Å². The molecule has 1 fully saturated rings. The SMILES string of the molecule is Cc1cn(-c2cccc3[nH]c(-c4n[nH]c5cnc(C6CCNCC6)cc45)nc23)cn1. The molecule has 8 heteroatoms. The van der Waals surface area contributed by atoms with Crippen molar-refractivity contribution < 1.29 is 0 Å². The van der Waals surface area contributed by atoms with Gasteiger partial charge >= 0.3 is 0 Å². The monoisotopic (exact) mass is 398 g/mol. The quantitative estimate of drug-likeness (QED) is 0.432. The summed E-state index contributed by atoms with van der Waals surface area (Å²) in [5, 5.41) is 12.1. The number of H-pyrrole nitrogens is 2. The standard InChI is InChI=1S/C22H22N8/c1-13-11-30(12-25-13)19-4-2-3-16-21(19)27-22(26-16)20-15-9-17(14-5-7-23-8-6-14)24-10-18(15)28-29-20/h2-4,9-12,14,23H,5-8H2,1H3,(H,26,27)(H,28,29). The highest BCUT2D eigenvalue weighted by Gasteiger charge is 2.20. The second-order valence-electron chi connectivity index (χ2n) is 7.93. The molecule has 0 atom stereocenters. The Balaban J connectivity index is 1.47. The molecule has 5 heterocycles. The Morgan fingerprint density at radius 1 is 1.10 bits per heavy atom.